The third-order valence-corrected chi connectivity index (χ3v) is 7.41. The Kier molecular flexibility index (Phi) is 12.8. The van der Waals surface area contributed by atoms with Gasteiger partial charge in [-0.3, -0.25) is 4.79 Å². The number of allylic oxidation sites excluding steroid dienone is 5. The van der Waals surface area contributed by atoms with E-state index in [1.54, 1.807) is 18.0 Å². The molecule has 1 N–H and O–H groups in total. The van der Waals surface area contributed by atoms with Crippen molar-refractivity contribution in [2.75, 3.05) is 12.3 Å². The molecule has 39 heavy (non-hydrogen) atoms. The maximum absolute atomic E-state index is 12.9. The highest BCUT2D eigenvalue weighted by molar-refractivity contribution is 7.99. The first kappa shape index (κ1) is 30.2. The van der Waals surface area contributed by atoms with Gasteiger partial charge in [-0.1, -0.05) is 53.1 Å². The van der Waals surface area contributed by atoms with Crippen LogP contribution in [0.1, 0.15) is 70.2 Å². The second-order valence-electron chi connectivity index (χ2n) is 10.1. The number of nitrogens with one attached hydrogen (secondary N) is 1. The number of aryl methyl sites for hydroxylation is 1. The Labute approximate surface area is 238 Å². The van der Waals surface area contributed by atoms with Crippen molar-refractivity contribution in [3.05, 3.63) is 108 Å². The summed E-state index contributed by atoms with van der Waals surface area (Å²) in [5.74, 6) is 1.74. The molecule has 0 radical (unpaired) electrons. The van der Waals surface area contributed by atoms with Crippen LogP contribution < -0.4 is 9.88 Å². The molecule has 1 aromatic carbocycles. The quantitative estimate of drug-likeness (QED) is 0.0935. The maximum atomic E-state index is 12.9. The number of aromatic nitrogens is 3. The molecule has 0 saturated heterocycles. The van der Waals surface area contributed by atoms with E-state index in [4.69, 9.17) is 0 Å². The van der Waals surface area contributed by atoms with Gasteiger partial charge in [0.2, 0.25) is 12.1 Å². The van der Waals surface area contributed by atoms with Gasteiger partial charge < -0.3 is 5.32 Å². The second-order valence-corrected chi connectivity index (χ2v) is 11.2. The molecule has 0 atom stereocenters. The number of benzene rings is 1. The molecule has 2 aromatic heterocycles. The molecule has 0 aliphatic rings. The Morgan fingerprint density at radius 2 is 1.72 bits per heavy atom. The minimum absolute atomic E-state index is 0.0106. The van der Waals surface area contributed by atoms with E-state index in [1.807, 2.05) is 65.8 Å². The third kappa shape index (κ3) is 11.1. The lowest BCUT2D eigenvalue weighted by atomic mass is 10.1. The van der Waals surface area contributed by atoms with E-state index >= 15 is 0 Å². The Bertz CT molecular complexity index is 1270. The largest absolute Gasteiger partial charge is 0.352 e. The number of thioether (sulfide) groups is 1. The van der Waals surface area contributed by atoms with Gasteiger partial charge in [0.15, 0.2) is 0 Å². The molecule has 0 spiro atoms. The molecule has 6 heteroatoms. The first-order chi connectivity index (χ1) is 18.9. The van der Waals surface area contributed by atoms with Crippen molar-refractivity contribution in [2.24, 2.45) is 0 Å². The summed E-state index contributed by atoms with van der Waals surface area (Å²) >= 11 is 1.72. The standard InChI is InChI=1S/C33H42N4OS/c1-27(2)12-9-13-28(3)14-10-15-29(4)19-25-39-31-17-6-5-16-30(31)33(38)35-21-11-22-36-23-24-37(26-36)32-18-7-8-20-34-32/h5-8,12,14,16-20,23-24,26H,9-11,13,15,21-22,25H2,1-4H3/p+1/b28-14+,29-19+. The lowest BCUT2D eigenvalue weighted by Gasteiger charge is -2.09. The van der Waals surface area contributed by atoms with Gasteiger partial charge in [0, 0.05) is 35.9 Å². The minimum atomic E-state index is -0.0106. The summed E-state index contributed by atoms with van der Waals surface area (Å²) in [5, 5.41) is 3.10. The van der Waals surface area contributed by atoms with E-state index in [9.17, 15) is 4.79 Å². The molecular formula is C33H43N4OS+. The highest BCUT2D eigenvalue weighted by atomic mass is 32.2. The van der Waals surface area contributed by atoms with Crippen LogP contribution in [0.15, 0.2) is 107 Å². The van der Waals surface area contributed by atoms with E-state index < -0.39 is 0 Å². The normalized spacial score (nSPS) is 11.9. The van der Waals surface area contributed by atoms with Crippen LogP contribution in [-0.2, 0) is 6.54 Å². The van der Waals surface area contributed by atoms with Crippen LogP contribution in [0, 0.1) is 0 Å². The van der Waals surface area contributed by atoms with Gasteiger partial charge in [-0.15, -0.1) is 11.8 Å². The van der Waals surface area contributed by atoms with Crippen LogP contribution in [0.25, 0.3) is 5.82 Å². The summed E-state index contributed by atoms with van der Waals surface area (Å²) in [6, 6.07) is 13.8. The van der Waals surface area contributed by atoms with Gasteiger partial charge in [-0.25, -0.2) is 9.55 Å². The predicted octanol–water partition coefficient (Wildman–Crippen LogP) is 7.49. The van der Waals surface area contributed by atoms with Crippen LogP contribution in [-0.4, -0.2) is 27.8 Å². The molecule has 2 heterocycles. The van der Waals surface area contributed by atoms with Crippen LogP contribution >= 0.6 is 11.8 Å². The molecule has 1 amide bonds. The summed E-state index contributed by atoms with van der Waals surface area (Å²) in [7, 11) is 0. The summed E-state index contributed by atoms with van der Waals surface area (Å²) in [4.78, 5) is 18.3. The molecule has 0 saturated carbocycles. The number of amides is 1. The minimum Gasteiger partial charge on any atom is -0.352 e. The first-order valence-electron chi connectivity index (χ1n) is 13.9. The average molecular weight is 544 g/mol. The molecule has 0 fully saturated rings. The fourth-order valence-corrected chi connectivity index (χ4v) is 5.16. The van der Waals surface area contributed by atoms with Crippen molar-refractivity contribution in [1.29, 1.82) is 0 Å². The highest BCUT2D eigenvalue weighted by Crippen LogP contribution is 2.23. The summed E-state index contributed by atoms with van der Waals surface area (Å²) < 4.78 is 4.11. The van der Waals surface area contributed by atoms with Crippen molar-refractivity contribution in [1.82, 2.24) is 14.9 Å². The third-order valence-electron chi connectivity index (χ3n) is 6.41. The lowest BCUT2D eigenvalue weighted by Crippen LogP contribution is -2.34. The monoisotopic (exact) mass is 543 g/mol. The number of hydrogen-bond donors (Lipinski definition) is 1. The zero-order valence-electron chi connectivity index (χ0n) is 23.9. The van der Waals surface area contributed by atoms with Crippen LogP contribution in [0.4, 0.5) is 0 Å². The maximum Gasteiger partial charge on any atom is 0.252 e. The molecule has 5 nitrogen and oxygen atoms in total. The fraction of sp³-hybridized carbons (Fsp3) is 0.364. The van der Waals surface area contributed by atoms with Gasteiger partial charge >= 0.3 is 0 Å². The Hall–Kier alpha value is -3.38. The predicted molar refractivity (Wildman–Crippen MR) is 163 cm³/mol. The van der Waals surface area contributed by atoms with E-state index in [0.717, 1.165) is 60.7 Å². The zero-order valence-corrected chi connectivity index (χ0v) is 24.7. The van der Waals surface area contributed by atoms with Crippen LogP contribution in [0.3, 0.4) is 0 Å². The molecule has 0 aliphatic carbocycles. The number of carbonyl (C=O) groups excluding carboxylic acids is 1. The second kappa shape index (κ2) is 16.6. The fourth-order valence-electron chi connectivity index (χ4n) is 4.12. The Morgan fingerprint density at radius 3 is 2.49 bits per heavy atom. The number of carbonyl (C=O) groups is 1. The summed E-state index contributed by atoms with van der Waals surface area (Å²) in [6.07, 6.45) is 20.1. The highest BCUT2D eigenvalue weighted by Gasteiger charge is 2.11. The van der Waals surface area contributed by atoms with Gasteiger partial charge in [0.05, 0.1) is 12.1 Å². The van der Waals surface area contributed by atoms with Gasteiger partial charge in [-0.2, -0.15) is 4.57 Å². The van der Waals surface area contributed by atoms with Crippen molar-refractivity contribution in [3.63, 3.8) is 0 Å². The van der Waals surface area contributed by atoms with E-state index in [2.05, 4.69) is 60.8 Å². The average Bonchev–Trinajstić information content (AvgIpc) is 3.40. The lowest BCUT2D eigenvalue weighted by molar-refractivity contribution is -0.696. The van der Waals surface area contributed by atoms with Crippen molar-refractivity contribution in [2.45, 2.75) is 71.2 Å². The van der Waals surface area contributed by atoms with Crippen LogP contribution in [0.2, 0.25) is 0 Å². The molecule has 3 rings (SSSR count). The van der Waals surface area contributed by atoms with Crippen molar-refractivity contribution >= 4 is 17.7 Å². The van der Waals surface area contributed by atoms with Gasteiger partial charge in [-0.05, 0) is 71.6 Å². The number of pyridine rings is 1. The van der Waals surface area contributed by atoms with E-state index in [1.165, 1.54) is 16.7 Å². The van der Waals surface area contributed by atoms with Crippen molar-refractivity contribution in [3.8, 4) is 5.82 Å². The smallest absolute Gasteiger partial charge is 0.252 e. The van der Waals surface area contributed by atoms with Gasteiger partial charge in [0.25, 0.3) is 5.91 Å². The summed E-state index contributed by atoms with van der Waals surface area (Å²) in [5.41, 5.74) is 5.00. The first-order valence-corrected chi connectivity index (χ1v) is 14.8. The number of rotatable bonds is 15. The molecule has 206 valence electrons. The summed E-state index contributed by atoms with van der Waals surface area (Å²) in [6.45, 7) is 10.2. The number of imidazole rings is 1. The molecule has 0 aliphatic heterocycles. The van der Waals surface area contributed by atoms with E-state index in [0.29, 0.717) is 6.54 Å². The van der Waals surface area contributed by atoms with E-state index in [-0.39, 0.29) is 5.91 Å². The van der Waals surface area contributed by atoms with Crippen molar-refractivity contribution < 1.29 is 9.36 Å². The molecule has 3 aromatic rings. The SMILES string of the molecule is CC(C)=CCC/C(C)=C/CC/C(C)=C/CSc1ccccc1C(=O)NCCC[n+]1ccn(-c2ccccn2)c1. The number of nitrogens with zero attached hydrogens (tertiary/aromatic N) is 3. The topological polar surface area (TPSA) is 50.8 Å². The Balaban J connectivity index is 1.40. The Morgan fingerprint density at radius 1 is 0.974 bits per heavy atom. The molecular weight excluding hydrogens is 500 g/mol. The molecule has 0 unspecified atom stereocenters. The number of hydrogen-bond acceptors (Lipinski definition) is 3. The van der Waals surface area contributed by atoms with Gasteiger partial charge in [0.1, 0.15) is 12.4 Å². The molecule has 0 bridgehead atoms. The zero-order chi connectivity index (χ0) is 27.9. The van der Waals surface area contributed by atoms with Crippen LogP contribution in [0.5, 0.6) is 0 Å².